The van der Waals surface area contributed by atoms with Gasteiger partial charge >= 0.3 is 5.97 Å². The van der Waals surface area contributed by atoms with Crippen molar-refractivity contribution in [3.63, 3.8) is 0 Å². The summed E-state index contributed by atoms with van der Waals surface area (Å²) in [5.74, 6) is 0.479. The molecule has 1 aromatic rings. The molecule has 1 aliphatic heterocycles. The Bertz CT molecular complexity index is 467. The molecule has 0 bridgehead atoms. The van der Waals surface area contributed by atoms with Gasteiger partial charge in [0.1, 0.15) is 17.6 Å². The molecule has 0 N–H and O–H groups in total. The van der Waals surface area contributed by atoms with Crippen molar-refractivity contribution in [1.29, 1.82) is 5.26 Å². The Balaban J connectivity index is 2.10. The van der Waals surface area contributed by atoms with Crippen LogP contribution in [0.3, 0.4) is 0 Å². The Morgan fingerprint density at radius 1 is 1.65 bits per heavy atom. The first kappa shape index (κ1) is 11.4. The Morgan fingerprint density at radius 3 is 3.18 bits per heavy atom. The number of pyridine rings is 1. The van der Waals surface area contributed by atoms with Gasteiger partial charge in [-0.2, -0.15) is 5.26 Å². The van der Waals surface area contributed by atoms with E-state index in [1.807, 2.05) is 17.0 Å². The van der Waals surface area contributed by atoms with E-state index in [1.54, 1.807) is 12.1 Å². The van der Waals surface area contributed by atoms with Crippen LogP contribution in [0.1, 0.15) is 12.1 Å². The van der Waals surface area contributed by atoms with Gasteiger partial charge in [-0.15, -0.1) is 0 Å². The van der Waals surface area contributed by atoms with Crippen LogP contribution >= 0.6 is 0 Å². The number of carbonyl (C=O) groups is 1. The van der Waals surface area contributed by atoms with Crippen LogP contribution in [-0.4, -0.2) is 31.2 Å². The van der Waals surface area contributed by atoms with Gasteiger partial charge in [0.25, 0.3) is 0 Å². The Kier molecular flexibility index (Phi) is 3.24. The van der Waals surface area contributed by atoms with E-state index in [0.717, 1.165) is 18.8 Å². The maximum absolute atomic E-state index is 11.4. The maximum Gasteiger partial charge on any atom is 0.310 e. The average molecular weight is 231 g/mol. The van der Waals surface area contributed by atoms with E-state index >= 15 is 0 Å². The topological polar surface area (TPSA) is 66.2 Å². The molecule has 0 radical (unpaired) electrons. The summed E-state index contributed by atoms with van der Waals surface area (Å²) in [6, 6.07) is 7.32. The predicted molar refractivity (Wildman–Crippen MR) is 61.3 cm³/mol. The average Bonchev–Trinajstić information content (AvgIpc) is 2.87. The molecule has 1 unspecified atom stereocenters. The number of aromatic nitrogens is 1. The first-order valence-electron chi connectivity index (χ1n) is 5.44. The largest absolute Gasteiger partial charge is 0.469 e. The summed E-state index contributed by atoms with van der Waals surface area (Å²) < 4.78 is 4.72. The molecule has 0 spiro atoms. The summed E-state index contributed by atoms with van der Waals surface area (Å²) in [6.45, 7) is 1.37. The lowest BCUT2D eigenvalue weighted by Gasteiger charge is -2.16. The minimum absolute atomic E-state index is 0.0902. The van der Waals surface area contributed by atoms with Crippen LogP contribution in [0.25, 0.3) is 0 Å². The Labute approximate surface area is 99.6 Å². The monoisotopic (exact) mass is 231 g/mol. The highest BCUT2D eigenvalue weighted by Gasteiger charge is 2.29. The Hall–Kier alpha value is -2.09. The molecule has 0 amide bonds. The van der Waals surface area contributed by atoms with Crippen LogP contribution in [0, 0.1) is 17.2 Å². The second kappa shape index (κ2) is 4.83. The fourth-order valence-electron chi connectivity index (χ4n) is 1.99. The molecule has 0 saturated carbocycles. The second-order valence-corrected chi connectivity index (χ2v) is 3.95. The number of rotatable bonds is 2. The molecule has 1 aliphatic rings. The summed E-state index contributed by atoms with van der Waals surface area (Å²) in [6.07, 6.45) is 0.769. The van der Waals surface area contributed by atoms with Crippen molar-refractivity contribution in [2.24, 2.45) is 5.92 Å². The first-order valence-corrected chi connectivity index (χ1v) is 5.44. The summed E-state index contributed by atoms with van der Waals surface area (Å²) >= 11 is 0. The zero-order valence-electron chi connectivity index (χ0n) is 9.59. The molecule has 1 atom stereocenters. The molecule has 5 nitrogen and oxygen atoms in total. The van der Waals surface area contributed by atoms with Crippen molar-refractivity contribution in [3.05, 3.63) is 23.9 Å². The molecule has 5 heteroatoms. The fraction of sp³-hybridized carbons (Fsp3) is 0.417. The zero-order chi connectivity index (χ0) is 12.3. The van der Waals surface area contributed by atoms with Crippen LogP contribution in [0.5, 0.6) is 0 Å². The van der Waals surface area contributed by atoms with Gasteiger partial charge < -0.3 is 9.64 Å². The van der Waals surface area contributed by atoms with E-state index in [9.17, 15) is 4.79 Å². The van der Waals surface area contributed by atoms with Crippen molar-refractivity contribution >= 4 is 11.8 Å². The number of methoxy groups -OCH3 is 1. The quantitative estimate of drug-likeness (QED) is 0.709. The lowest BCUT2D eigenvalue weighted by molar-refractivity contribution is -0.144. The molecule has 17 heavy (non-hydrogen) atoms. The highest BCUT2D eigenvalue weighted by atomic mass is 16.5. The number of nitriles is 1. The molecule has 1 fully saturated rings. The predicted octanol–water partition coefficient (Wildman–Crippen LogP) is 0.953. The van der Waals surface area contributed by atoms with E-state index in [2.05, 4.69) is 4.98 Å². The van der Waals surface area contributed by atoms with Crippen LogP contribution < -0.4 is 4.90 Å². The third-order valence-corrected chi connectivity index (χ3v) is 2.90. The molecule has 2 heterocycles. The standard InChI is InChI=1S/C12H13N3O2/c1-17-12(16)9-5-6-15(8-9)11-4-2-3-10(7-13)14-11/h2-4,9H,5-6,8H2,1H3. The number of carbonyl (C=O) groups excluding carboxylic acids is 1. The van der Waals surface area contributed by atoms with Crippen LogP contribution in [0.2, 0.25) is 0 Å². The maximum atomic E-state index is 11.4. The van der Waals surface area contributed by atoms with Crippen LogP contribution in [0.15, 0.2) is 18.2 Å². The smallest absolute Gasteiger partial charge is 0.310 e. The molecule has 88 valence electrons. The van der Waals surface area contributed by atoms with E-state index < -0.39 is 0 Å². The van der Waals surface area contributed by atoms with Crippen molar-refractivity contribution in [2.75, 3.05) is 25.1 Å². The van der Waals surface area contributed by atoms with Gasteiger partial charge in [-0.1, -0.05) is 6.07 Å². The third kappa shape index (κ3) is 2.36. The van der Waals surface area contributed by atoms with Gasteiger partial charge in [-0.3, -0.25) is 4.79 Å². The lowest BCUT2D eigenvalue weighted by atomic mass is 10.1. The highest BCUT2D eigenvalue weighted by Crippen LogP contribution is 2.22. The summed E-state index contributed by atoms with van der Waals surface area (Å²) in [5, 5.41) is 8.78. The number of nitrogens with zero attached hydrogens (tertiary/aromatic N) is 3. The van der Waals surface area contributed by atoms with Gasteiger partial charge in [-0.25, -0.2) is 4.98 Å². The van der Waals surface area contributed by atoms with Crippen molar-refractivity contribution < 1.29 is 9.53 Å². The second-order valence-electron chi connectivity index (χ2n) is 3.95. The summed E-state index contributed by atoms with van der Waals surface area (Å²) in [5.41, 5.74) is 0.393. The molecular formula is C12H13N3O2. The normalized spacial score (nSPS) is 18.8. The first-order chi connectivity index (χ1) is 8.24. The minimum atomic E-state index is -0.177. The van der Waals surface area contributed by atoms with E-state index in [4.69, 9.17) is 10.00 Å². The summed E-state index contributed by atoms with van der Waals surface area (Å²) in [4.78, 5) is 17.6. The number of anilines is 1. The van der Waals surface area contributed by atoms with E-state index in [0.29, 0.717) is 12.2 Å². The van der Waals surface area contributed by atoms with Gasteiger partial charge in [0.05, 0.1) is 13.0 Å². The molecule has 2 rings (SSSR count). The van der Waals surface area contributed by atoms with Crippen molar-refractivity contribution in [1.82, 2.24) is 4.98 Å². The number of esters is 1. The number of hydrogen-bond acceptors (Lipinski definition) is 5. The number of hydrogen-bond donors (Lipinski definition) is 0. The third-order valence-electron chi connectivity index (χ3n) is 2.90. The fourth-order valence-corrected chi connectivity index (χ4v) is 1.99. The molecule has 1 aromatic heterocycles. The van der Waals surface area contributed by atoms with E-state index in [1.165, 1.54) is 7.11 Å². The zero-order valence-corrected chi connectivity index (χ0v) is 9.59. The van der Waals surface area contributed by atoms with Crippen molar-refractivity contribution in [2.45, 2.75) is 6.42 Å². The minimum Gasteiger partial charge on any atom is -0.469 e. The van der Waals surface area contributed by atoms with Crippen LogP contribution in [0.4, 0.5) is 5.82 Å². The molecular weight excluding hydrogens is 218 g/mol. The Morgan fingerprint density at radius 2 is 2.47 bits per heavy atom. The summed E-state index contributed by atoms with van der Waals surface area (Å²) in [7, 11) is 1.40. The molecule has 0 aromatic carbocycles. The molecule has 1 saturated heterocycles. The van der Waals surface area contributed by atoms with E-state index in [-0.39, 0.29) is 11.9 Å². The van der Waals surface area contributed by atoms with Gasteiger partial charge in [0.2, 0.25) is 0 Å². The SMILES string of the molecule is COC(=O)C1CCN(c2cccc(C#N)n2)C1. The van der Waals surface area contributed by atoms with Crippen LogP contribution in [-0.2, 0) is 9.53 Å². The highest BCUT2D eigenvalue weighted by molar-refractivity contribution is 5.74. The lowest BCUT2D eigenvalue weighted by Crippen LogP contribution is -2.24. The van der Waals surface area contributed by atoms with Crippen molar-refractivity contribution in [3.8, 4) is 6.07 Å². The number of ether oxygens (including phenoxy) is 1. The molecule has 0 aliphatic carbocycles. The van der Waals surface area contributed by atoms with Gasteiger partial charge in [0, 0.05) is 13.1 Å². The van der Waals surface area contributed by atoms with Gasteiger partial charge in [0.15, 0.2) is 0 Å². The van der Waals surface area contributed by atoms with Gasteiger partial charge in [-0.05, 0) is 18.6 Å².